The van der Waals surface area contributed by atoms with Gasteiger partial charge in [0.1, 0.15) is 0 Å². The molecule has 4 atom stereocenters. The largest absolute Gasteiger partial charge is 0.416 e. The van der Waals surface area contributed by atoms with E-state index in [1.807, 2.05) is 4.90 Å². The molecule has 1 saturated carbocycles. The lowest BCUT2D eigenvalue weighted by Gasteiger charge is -2.25. The van der Waals surface area contributed by atoms with Crippen LogP contribution in [-0.2, 0) is 17.5 Å². The summed E-state index contributed by atoms with van der Waals surface area (Å²) in [6.07, 6.45) is -2.78. The van der Waals surface area contributed by atoms with Crippen molar-refractivity contribution in [2.24, 2.45) is 17.8 Å². The lowest BCUT2D eigenvalue weighted by Crippen LogP contribution is -2.33. The number of fused-ring (bicyclic) bond motifs is 1. The zero-order chi connectivity index (χ0) is 18.4. The highest BCUT2D eigenvalue weighted by Gasteiger charge is 2.50. The number of hydrogen-bond donors (Lipinski definition) is 0. The summed E-state index contributed by atoms with van der Waals surface area (Å²) in [6.45, 7) is 3.62. The van der Waals surface area contributed by atoms with Crippen molar-refractivity contribution in [2.75, 3.05) is 20.6 Å². The number of benzene rings is 1. The Balaban J connectivity index is 1.72. The first-order chi connectivity index (χ1) is 11.7. The van der Waals surface area contributed by atoms with Crippen LogP contribution in [0.25, 0.3) is 0 Å². The summed E-state index contributed by atoms with van der Waals surface area (Å²) in [5.74, 6) is 1.55. The van der Waals surface area contributed by atoms with Gasteiger partial charge in [-0.1, -0.05) is 19.1 Å². The number of halogens is 3. The standard InChI is InChI=1S/C19H25F3N2O/c1-12-8-17-15(16(12)11-23(2)3)9-18(25)24(17)10-13-4-6-14(7-5-13)19(20,21)22/h4-7,12,15-17H,8-11H2,1-3H3/t12-,15-,16+,17+/m0/s1. The van der Waals surface area contributed by atoms with E-state index in [0.29, 0.717) is 30.7 Å². The maximum absolute atomic E-state index is 12.7. The maximum Gasteiger partial charge on any atom is 0.416 e. The minimum absolute atomic E-state index is 0.130. The summed E-state index contributed by atoms with van der Waals surface area (Å²) >= 11 is 0. The molecule has 0 unspecified atom stereocenters. The first kappa shape index (κ1) is 18.2. The van der Waals surface area contributed by atoms with Crippen LogP contribution in [0, 0.1) is 17.8 Å². The fourth-order valence-corrected chi connectivity index (χ4v) is 4.53. The molecule has 3 rings (SSSR count). The maximum atomic E-state index is 12.7. The SMILES string of the molecule is C[C@H]1C[C@@H]2[C@@H](CC(=O)N2Cc2ccc(C(F)(F)F)cc2)[C@@H]1CN(C)C. The highest BCUT2D eigenvalue weighted by molar-refractivity contribution is 5.79. The molecule has 1 aromatic rings. The minimum atomic E-state index is -4.33. The number of nitrogens with zero attached hydrogens (tertiary/aromatic N) is 2. The Bertz CT molecular complexity index is 627. The molecule has 1 saturated heterocycles. The summed E-state index contributed by atoms with van der Waals surface area (Å²) in [6, 6.07) is 5.38. The van der Waals surface area contributed by atoms with Gasteiger partial charge in [0.05, 0.1) is 5.56 Å². The minimum Gasteiger partial charge on any atom is -0.335 e. The second-order valence-electron chi connectivity index (χ2n) is 7.79. The molecule has 1 aliphatic heterocycles. The number of alkyl halides is 3. The van der Waals surface area contributed by atoms with E-state index in [1.54, 1.807) is 0 Å². The Morgan fingerprint density at radius 2 is 1.84 bits per heavy atom. The fraction of sp³-hybridized carbons (Fsp3) is 0.632. The number of amides is 1. The third-order valence-corrected chi connectivity index (χ3v) is 5.73. The van der Waals surface area contributed by atoms with Gasteiger partial charge in [-0.2, -0.15) is 13.2 Å². The van der Waals surface area contributed by atoms with Gasteiger partial charge in [0.2, 0.25) is 5.91 Å². The first-order valence-corrected chi connectivity index (χ1v) is 8.77. The van der Waals surface area contributed by atoms with Crippen LogP contribution < -0.4 is 0 Å². The molecule has 3 nitrogen and oxygen atoms in total. The van der Waals surface area contributed by atoms with Gasteiger partial charge in [-0.25, -0.2) is 0 Å². The lowest BCUT2D eigenvalue weighted by molar-refractivity contribution is -0.137. The highest BCUT2D eigenvalue weighted by Crippen LogP contribution is 2.46. The van der Waals surface area contributed by atoms with Crippen molar-refractivity contribution in [1.82, 2.24) is 9.80 Å². The molecular formula is C19H25F3N2O. The van der Waals surface area contributed by atoms with Crippen molar-refractivity contribution in [3.8, 4) is 0 Å². The molecule has 2 aliphatic rings. The van der Waals surface area contributed by atoms with Gasteiger partial charge in [0, 0.05) is 25.6 Å². The summed E-state index contributed by atoms with van der Waals surface area (Å²) < 4.78 is 38.1. The number of likely N-dealkylation sites (tertiary alicyclic amines) is 1. The van der Waals surface area contributed by atoms with E-state index in [1.165, 1.54) is 12.1 Å². The second-order valence-corrected chi connectivity index (χ2v) is 7.79. The van der Waals surface area contributed by atoms with Crippen LogP contribution in [0.2, 0.25) is 0 Å². The van der Waals surface area contributed by atoms with Crippen LogP contribution in [0.3, 0.4) is 0 Å². The summed E-state index contributed by atoms with van der Waals surface area (Å²) in [7, 11) is 4.10. The first-order valence-electron chi connectivity index (χ1n) is 8.77. The van der Waals surface area contributed by atoms with Crippen LogP contribution in [0.4, 0.5) is 13.2 Å². The Morgan fingerprint density at radius 1 is 1.20 bits per heavy atom. The van der Waals surface area contributed by atoms with Crippen molar-refractivity contribution in [1.29, 1.82) is 0 Å². The Hall–Kier alpha value is -1.56. The van der Waals surface area contributed by atoms with Crippen molar-refractivity contribution in [3.63, 3.8) is 0 Å². The average molecular weight is 354 g/mol. The lowest BCUT2D eigenvalue weighted by atomic mass is 9.88. The van der Waals surface area contributed by atoms with E-state index in [9.17, 15) is 18.0 Å². The predicted octanol–water partition coefficient (Wildman–Crippen LogP) is 3.64. The van der Waals surface area contributed by atoms with E-state index in [4.69, 9.17) is 0 Å². The van der Waals surface area contributed by atoms with E-state index in [-0.39, 0.29) is 11.9 Å². The topological polar surface area (TPSA) is 23.6 Å². The number of carbonyl (C=O) groups is 1. The van der Waals surface area contributed by atoms with E-state index < -0.39 is 11.7 Å². The molecule has 6 heteroatoms. The third-order valence-electron chi connectivity index (χ3n) is 5.73. The molecule has 2 fully saturated rings. The highest BCUT2D eigenvalue weighted by atomic mass is 19.4. The van der Waals surface area contributed by atoms with Gasteiger partial charge in [-0.05, 0) is 56.0 Å². The van der Waals surface area contributed by atoms with Crippen LogP contribution >= 0.6 is 0 Å². The summed E-state index contributed by atoms with van der Waals surface area (Å²) in [5, 5.41) is 0. The molecule has 0 radical (unpaired) electrons. The van der Waals surface area contributed by atoms with Gasteiger partial charge < -0.3 is 9.80 Å². The fourth-order valence-electron chi connectivity index (χ4n) is 4.53. The quantitative estimate of drug-likeness (QED) is 0.824. The number of rotatable bonds is 4. The van der Waals surface area contributed by atoms with Gasteiger partial charge in [-0.15, -0.1) is 0 Å². The van der Waals surface area contributed by atoms with Crippen LogP contribution in [0.1, 0.15) is 30.9 Å². The second kappa shape index (κ2) is 6.63. The van der Waals surface area contributed by atoms with Crippen LogP contribution in [0.5, 0.6) is 0 Å². The monoisotopic (exact) mass is 354 g/mol. The summed E-state index contributed by atoms with van der Waals surface area (Å²) in [4.78, 5) is 16.6. The van der Waals surface area contributed by atoms with E-state index in [0.717, 1.165) is 30.7 Å². The number of carbonyl (C=O) groups excluding carboxylic acids is 1. The van der Waals surface area contributed by atoms with Gasteiger partial charge in [0.15, 0.2) is 0 Å². The number of hydrogen-bond acceptors (Lipinski definition) is 2. The molecule has 0 aromatic heterocycles. The molecule has 138 valence electrons. The zero-order valence-electron chi connectivity index (χ0n) is 14.9. The van der Waals surface area contributed by atoms with Crippen LogP contribution in [-0.4, -0.2) is 42.4 Å². The Labute approximate surface area is 146 Å². The smallest absolute Gasteiger partial charge is 0.335 e. The van der Waals surface area contributed by atoms with E-state index in [2.05, 4.69) is 25.9 Å². The van der Waals surface area contributed by atoms with Gasteiger partial charge in [-0.3, -0.25) is 4.79 Å². The molecule has 1 aromatic carbocycles. The molecular weight excluding hydrogens is 329 g/mol. The van der Waals surface area contributed by atoms with Crippen molar-refractivity contribution < 1.29 is 18.0 Å². The molecule has 0 bridgehead atoms. The normalized spacial score (nSPS) is 29.6. The van der Waals surface area contributed by atoms with E-state index >= 15 is 0 Å². The molecule has 25 heavy (non-hydrogen) atoms. The average Bonchev–Trinajstić information content (AvgIpc) is 2.96. The zero-order valence-corrected chi connectivity index (χ0v) is 14.9. The third kappa shape index (κ3) is 3.68. The Morgan fingerprint density at radius 3 is 2.40 bits per heavy atom. The molecule has 0 spiro atoms. The molecule has 1 heterocycles. The van der Waals surface area contributed by atoms with Crippen molar-refractivity contribution in [3.05, 3.63) is 35.4 Å². The molecule has 1 amide bonds. The van der Waals surface area contributed by atoms with Gasteiger partial charge in [0.25, 0.3) is 0 Å². The molecule has 0 N–H and O–H groups in total. The van der Waals surface area contributed by atoms with Crippen molar-refractivity contribution in [2.45, 2.75) is 38.5 Å². The molecule has 1 aliphatic carbocycles. The predicted molar refractivity (Wildman–Crippen MR) is 89.7 cm³/mol. The van der Waals surface area contributed by atoms with Crippen LogP contribution in [0.15, 0.2) is 24.3 Å². The Kier molecular flexibility index (Phi) is 4.84. The van der Waals surface area contributed by atoms with Crippen molar-refractivity contribution >= 4 is 5.91 Å². The van der Waals surface area contributed by atoms with Gasteiger partial charge >= 0.3 is 6.18 Å². The summed E-state index contributed by atoms with van der Waals surface area (Å²) in [5.41, 5.74) is 0.105.